The van der Waals surface area contributed by atoms with Crippen molar-refractivity contribution in [2.24, 2.45) is 5.73 Å². The van der Waals surface area contributed by atoms with Crippen molar-refractivity contribution in [1.82, 2.24) is 0 Å². The Morgan fingerprint density at radius 3 is 2.73 bits per heavy atom. The lowest BCUT2D eigenvalue weighted by molar-refractivity contribution is -0.138. The minimum absolute atomic E-state index is 0.273. The first-order chi connectivity index (χ1) is 7.13. The summed E-state index contributed by atoms with van der Waals surface area (Å²) >= 11 is 0. The molecule has 0 aliphatic heterocycles. The Balaban J connectivity index is 2.68. The number of benzene rings is 1. The summed E-state index contributed by atoms with van der Waals surface area (Å²) < 4.78 is 12.1. The monoisotopic (exact) mass is 210 g/mol. The third-order valence-electron chi connectivity index (χ3n) is 2.15. The van der Waals surface area contributed by atoms with Gasteiger partial charge in [0.15, 0.2) is 0 Å². The van der Waals surface area contributed by atoms with Crippen LogP contribution >= 0.6 is 0 Å². The molecule has 0 radical (unpaired) electrons. The number of alkyl halides is 1. The Morgan fingerprint density at radius 2 is 2.13 bits per heavy atom. The number of hydrogen-bond donors (Lipinski definition) is 2. The molecule has 1 rings (SSSR count). The van der Waals surface area contributed by atoms with Crippen LogP contribution in [0.15, 0.2) is 24.3 Å². The van der Waals surface area contributed by atoms with Crippen LogP contribution < -0.4 is 5.73 Å². The number of carboxylic acids is 1. The zero-order chi connectivity index (χ0) is 11.3. The summed E-state index contributed by atoms with van der Waals surface area (Å²) in [7, 11) is 0. The highest BCUT2D eigenvalue weighted by Crippen LogP contribution is 2.08. The third kappa shape index (κ3) is 3.67. The average molecular weight is 210 g/mol. The van der Waals surface area contributed by atoms with Gasteiger partial charge in [0.05, 0.1) is 6.67 Å². The highest BCUT2D eigenvalue weighted by molar-refractivity contribution is 5.73. The summed E-state index contributed by atoms with van der Waals surface area (Å²) in [6.45, 7) is -0.408. The van der Waals surface area contributed by atoms with Crippen LogP contribution in [-0.2, 0) is 17.6 Å². The number of hydrogen-bond acceptors (Lipinski definition) is 2. The maximum atomic E-state index is 12.1. The first-order valence-corrected chi connectivity index (χ1v) is 4.75. The maximum Gasteiger partial charge on any atom is 0.320 e. The molecule has 0 aliphatic carbocycles. The summed E-state index contributed by atoms with van der Waals surface area (Å²) in [4.78, 5) is 10.5. The van der Waals surface area contributed by atoms with Gasteiger partial charge >= 0.3 is 5.97 Å². The predicted octanol–water partition coefficient (Wildman–Crippen LogP) is 1.15. The number of halogens is 1. The number of carbonyl (C=O) groups is 1. The van der Waals surface area contributed by atoms with Crippen LogP contribution in [0.1, 0.15) is 11.1 Å². The molecule has 0 bridgehead atoms. The van der Waals surface area contributed by atoms with E-state index in [0.29, 0.717) is 6.42 Å². The standard InChI is InChI=1S/C11H14FNO2/c12-5-4-8-2-1-3-9(6-8)7-10(13)11(14)15/h1-3,6,10H,4-5,7,13H2,(H,14,15)/i12-1. The van der Waals surface area contributed by atoms with Crippen LogP contribution in [0.2, 0.25) is 0 Å². The van der Waals surface area contributed by atoms with E-state index in [1.807, 2.05) is 6.07 Å². The van der Waals surface area contributed by atoms with Crippen molar-refractivity contribution >= 4 is 5.97 Å². The Hall–Kier alpha value is -1.42. The molecule has 1 aromatic carbocycles. The molecule has 82 valence electrons. The molecular formula is C11H14FNO2. The second-order valence-corrected chi connectivity index (χ2v) is 3.41. The van der Waals surface area contributed by atoms with E-state index >= 15 is 0 Å². The van der Waals surface area contributed by atoms with Gasteiger partial charge in [0.1, 0.15) is 6.04 Å². The van der Waals surface area contributed by atoms with Crippen LogP contribution in [0.3, 0.4) is 0 Å². The third-order valence-corrected chi connectivity index (χ3v) is 2.15. The average Bonchev–Trinajstić information content (AvgIpc) is 2.18. The van der Waals surface area contributed by atoms with Crippen LogP contribution in [0.25, 0.3) is 0 Å². The second kappa shape index (κ2) is 5.46. The van der Waals surface area contributed by atoms with Crippen LogP contribution in [0, 0.1) is 0 Å². The van der Waals surface area contributed by atoms with Gasteiger partial charge in [-0.2, -0.15) is 0 Å². The second-order valence-electron chi connectivity index (χ2n) is 3.41. The molecular weight excluding hydrogens is 196 g/mol. The van der Waals surface area contributed by atoms with Gasteiger partial charge in [-0.1, -0.05) is 24.3 Å². The van der Waals surface area contributed by atoms with Crippen molar-refractivity contribution in [2.45, 2.75) is 18.9 Å². The van der Waals surface area contributed by atoms with Crippen molar-refractivity contribution in [3.63, 3.8) is 0 Å². The fourth-order valence-corrected chi connectivity index (χ4v) is 1.36. The zero-order valence-corrected chi connectivity index (χ0v) is 8.32. The molecule has 0 aromatic heterocycles. The van der Waals surface area contributed by atoms with Crippen LogP contribution in [0.5, 0.6) is 0 Å². The van der Waals surface area contributed by atoms with Gasteiger partial charge in [-0.25, -0.2) is 0 Å². The zero-order valence-electron chi connectivity index (χ0n) is 8.32. The van der Waals surface area contributed by atoms with E-state index in [-0.39, 0.29) is 6.42 Å². The number of carboxylic acid groups (broad SMARTS) is 1. The van der Waals surface area contributed by atoms with E-state index in [2.05, 4.69) is 0 Å². The molecule has 0 fully saturated rings. The summed E-state index contributed by atoms with van der Waals surface area (Å²) in [6.07, 6.45) is 0.631. The molecule has 0 amide bonds. The van der Waals surface area contributed by atoms with Crippen molar-refractivity contribution in [2.75, 3.05) is 6.67 Å². The fraction of sp³-hybridized carbons (Fsp3) is 0.364. The molecule has 3 nitrogen and oxygen atoms in total. The number of aliphatic carboxylic acids is 1. The number of aryl methyl sites for hydroxylation is 1. The van der Waals surface area contributed by atoms with Gasteiger partial charge in [-0.05, 0) is 17.5 Å². The van der Waals surface area contributed by atoms with Crippen LogP contribution in [0.4, 0.5) is 4.39 Å². The normalized spacial score (nSPS) is 12.4. The molecule has 0 saturated carbocycles. The number of rotatable bonds is 5. The summed E-state index contributed by atoms with van der Waals surface area (Å²) in [6, 6.07) is 6.29. The fourth-order valence-electron chi connectivity index (χ4n) is 1.36. The molecule has 1 aromatic rings. The molecule has 0 heterocycles. The van der Waals surface area contributed by atoms with Gasteiger partial charge in [-0.15, -0.1) is 0 Å². The van der Waals surface area contributed by atoms with Gasteiger partial charge in [0, 0.05) is 6.42 Å². The van der Waals surface area contributed by atoms with E-state index in [1.54, 1.807) is 18.2 Å². The Kier molecular flexibility index (Phi) is 4.24. The van der Waals surface area contributed by atoms with E-state index in [9.17, 15) is 9.18 Å². The largest absolute Gasteiger partial charge is 0.480 e. The summed E-state index contributed by atoms with van der Waals surface area (Å²) in [5, 5.41) is 8.63. The lowest BCUT2D eigenvalue weighted by Gasteiger charge is -2.07. The van der Waals surface area contributed by atoms with E-state index in [1.165, 1.54) is 0 Å². The first-order valence-electron chi connectivity index (χ1n) is 4.75. The Morgan fingerprint density at radius 1 is 1.47 bits per heavy atom. The molecule has 15 heavy (non-hydrogen) atoms. The SMILES string of the molecule is NC(Cc1cccc(CC[18F])c1)C(=O)O. The first kappa shape index (κ1) is 11.7. The van der Waals surface area contributed by atoms with E-state index in [4.69, 9.17) is 10.8 Å². The quantitative estimate of drug-likeness (QED) is 0.766. The number of nitrogens with two attached hydrogens (primary N) is 1. The highest BCUT2D eigenvalue weighted by atomic mass is 18.2. The van der Waals surface area contributed by atoms with E-state index in [0.717, 1.165) is 11.1 Å². The minimum Gasteiger partial charge on any atom is -0.480 e. The lowest BCUT2D eigenvalue weighted by atomic mass is 10.0. The Labute approximate surface area is 87.7 Å². The van der Waals surface area contributed by atoms with Crippen molar-refractivity contribution in [3.05, 3.63) is 35.4 Å². The minimum atomic E-state index is -1.02. The van der Waals surface area contributed by atoms with E-state index < -0.39 is 18.7 Å². The molecule has 0 spiro atoms. The van der Waals surface area contributed by atoms with Gasteiger partial charge < -0.3 is 10.8 Å². The smallest absolute Gasteiger partial charge is 0.320 e. The predicted molar refractivity (Wildman–Crippen MR) is 55.4 cm³/mol. The van der Waals surface area contributed by atoms with Gasteiger partial charge in [-0.3, -0.25) is 9.18 Å². The van der Waals surface area contributed by atoms with Crippen molar-refractivity contribution in [1.29, 1.82) is 0 Å². The van der Waals surface area contributed by atoms with Crippen LogP contribution in [-0.4, -0.2) is 23.8 Å². The molecule has 0 saturated heterocycles. The topological polar surface area (TPSA) is 63.3 Å². The molecule has 1 unspecified atom stereocenters. The molecule has 4 heteroatoms. The molecule has 1 atom stereocenters. The summed E-state index contributed by atoms with van der Waals surface area (Å²) in [5.74, 6) is -1.02. The molecule has 0 aliphatic rings. The van der Waals surface area contributed by atoms with Crippen molar-refractivity contribution < 1.29 is 14.3 Å². The maximum absolute atomic E-state index is 12.1. The Bertz CT molecular complexity index is 341. The van der Waals surface area contributed by atoms with Crippen molar-refractivity contribution in [3.8, 4) is 0 Å². The van der Waals surface area contributed by atoms with Gasteiger partial charge in [0.25, 0.3) is 0 Å². The summed E-state index contributed by atoms with van der Waals surface area (Å²) in [5.41, 5.74) is 7.10. The molecule has 3 N–H and O–H groups in total. The van der Waals surface area contributed by atoms with Gasteiger partial charge in [0.2, 0.25) is 0 Å². The highest BCUT2D eigenvalue weighted by Gasteiger charge is 2.11. The lowest BCUT2D eigenvalue weighted by Crippen LogP contribution is -2.32.